The van der Waals surface area contributed by atoms with Gasteiger partial charge >= 0.3 is 6.03 Å². The molecule has 170 valence electrons. The van der Waals surface area contributed by atoms with Gasteiger partial charge in [-0.2, -0.15) is 0 Å². The van der Waals surface area contributed by atoms with Gasteiger partial charge in [-0.15, -0.1) is 0 Å². The number of methoxy groups -OCH3 is 2. The van der Waals surface area contributed by atoms with Gasteiger partial charge in [0, 0.05) is 12.6 Å². The SMILES string of the molecule is COc1cc(CN2CCC([C@]3(CCc4ccccc4)NC(=O)NC3=O)CC2)cc(OC)c1. The number of ether oxygens (including phenoxy) is 2. The first-order valence-electron chi connectivity index (χ1n) is 11.1. The van der Waals surface area contributed by atoms with Crippen LogP contribution in [0.1, 0.15) is 30.4 Å². The third-order valence-electron chi connectivity index (χ3n) is 6.72. The van der Waals surface area contributed by atoms with Crippen molar-refractivity contribution in [2.45, 2.75) is 37.8 Å². The molecule has 0 aromatic heterocycles. The van der Waals surface area contributed by atoms with Crippen molar-refractivity contribution in [2.75, 3.05) is 27.3 Å². The van der Waals surface area contributed by atoms with Gasteiger partial charge in [0.1, 0.15) is 17.0 Å². The average Bonchev–Trinajstić information content (AvgIpc) is 3.12. The molecule has 0 spiro atoms. The van der Waals surface area contributed by atoms with E-state index in [1.54, 1.807) is 14.2 Å². The van der Waals surface area contributed by atoms with Gasteiger partial charge in [0.15, 0.2) is 0 Å². The van der Waals surface area contributed by atoms with Crippen molar-refractivity contribution in [2.24, 2.45) is 5.92 Å². The average molecular weight is 438 g/mol. The molecule has 0 unspecified atom stereocenters. The van der Waals surface area contributed by atoms with Gasteiger partial charge in [-0.1, -0.05) is 30.3 Å². The quantitative estimate of drug-likeness (QED) is 0.621. The Bertz CT molecular complexity index is 935. The Kier molecular flexibility index (Phi) is 6.65. The zero-order chi connectivity index (χ0) is 22.6. The Morgan fingerprint density at radius 1 is 0.969 bits per heavy atom. The molecular weight excluding hydrogens is 406 g/mol. The Morgan fingerprint density at radius 3 is 2.19 bits per heavy atom. The number of piperidine rings is 1. The summed E-state index contributed by atoms with van der Waals surface area (Å²) in [4.78, 5) is 27.4. The molecule has 0 aliphatic carbocycles. The van der Waals surface area contributed by atoms with E-state index in [4.69, 9.17) is 9.47 Å². The van der Waals surface area contributed by atoms with E-state index < -0.39 is 5.54 Å². The van der Waals surface area contributed by atoms with Crippen molar-refractivity contribution in [1.29, 1.82) is 0 Å². The fourth-order valence-electron chi connectivity index (χ4n) is 4.96. The third-order valence-corrected chi connectivity index (χ3v) is 6.72. The maximum atomic E-state index is 12.9. The molecule has 2 aromatic rings. The highest BCUT2D eigenvalue weighted by molar-refractivity contribution is 6.07. The number of rotatable bonds is 8. The minimum absolute atomic E-state index is 0.105. The lowest BCUT2D eigenvalue weighted by Gasteiger charge is -2.40. The van der Waals surface area contributed by atoms with Crippen molar-refractivity contribution >= 4 is 11.9 Å². The second-order valence-corrected chi connectivity index (χ2v) is 8.64. The predicted molar refractivity (Wildman–Crippen MR) is 122 cm³/mol. The van der Waals surface area contributed by atoms with Gasteiger partial charge in [0.05, 0.1) is 14.2 Å². The molecule has 2 aromatic carbocycles. The fraction of sp³-hybridized carbons (Fsp3) is 0.440. The molecule has 4 rings (SSSR count). The molecule has 3 amide bonds. The van der Waals surface area contributed by atoms with Crippen LogP contribution in [-0.2, 0) is 17.8 Å². The predicted octanol–water partition coefficient (Wildman–Crippen LogP) is 3.13. The van der Waals surface area contributed by atoms with Crippen LogP contribution in [-0.4, -0.2) is 49.7 Å². The summed E-state index contributed by atoms with van der Waals surface area (Å²) in [7, 11) is 3.31. The molecule has 32 heavy (non-hydrogen) atoms. The lowest BCUT2D eigenvalue weighted by molar-refractivity contribution is -0.127. The molecule has 2 saturated heterocycles. The summed E-state index contributed by atoms with van der Waals surface area (Å²) in [6.45, 7) is 2.51. The van der Waals surface area contributed by atoms with E-state index in [2.05, 4.69) is 27.7 Å². The van der Waals surface area contributed by atoms with Gasteiger partial charge in [0.2, 0.25) is 0 Å². The topological polar surface area (TPSA) is 79.9 Å². The van der Waals surface area contributed by atoms with Gasteiger partial charge in [-0.25, -0.2) is 4.79 Å². The number of benzene rings is 2. The minimum atomic E-state index is -0.835. The number of carbonyl (C=O) groups is 2. The van der Waals surface area contributed by atoms with E-state index in [9.17, 15) is 9.59 Å². The molecule has 0 saturated carbocycles. The number of hydrogen-bond acceptors (Lipinski definition) is 5. The van der Waals surface area contributed by atoms with Gasteiger partial charge in [0.25, 0.3) is 5.91 Å². The first-order chi connectivity index (χ1) is 15.5. The van der Waals surface area contributed by atoms with Gasteiger partial charge in [-0.05, 0) is 68.0 Å². The molecule has 2 N–H and O–H groups in total. The summed E-state index contributed by atoms with van der Waals surface area (Å²) in [5.74, 6) is 1.47. The number of urea groups is 1. The normalized spacial score (nSPS) is 21.8. The second kappa shape index (κ2) is 9.61. The maximum Gasteiger partial charge on any atom is 0.322 e. The van der Waals surface area contributed by atoms with Crippen molar-refractivity contribution < 1.29 is 19.1 Å². The number of amides is 3. The van der Waals surface area contributed by atoms with Gasteiger partial charge in [-0.3, -0.25) is 15.0 Å². The first kappa shape index (κ1) is 22.1. The van der Waals surface area contributed by atoms with Crippen LogP contribution < -0.4 is 20.1 Å². The second-order valence-electron chi connectivity index (χ2n) is 8.64. The van der Waals surface area contributed by atoms with Crippen LogP contribution in [0.2, 0.25) is 0 Å². The number of likely N-dealkylation sites (tertiary alicyclic amines) is 1. The van der Waals surface area contributed by atoms with Crippen LogP contribution in [0.3, 0.4) is 0 Å². The number of carbonyl (C=O) groups excluding carboxylic acids is 2. The van der Waals surface area contributed by atoms with E-state index in [1.807, 2.05) is 36.4 Å². The Balaban J connectivity index is 1.42. The van der Waals surface area contributed by atoms with Crippen LogP contribution in [0.5, 0.6) is 11.5 Å². The monoisotopic (exact) mass is 437 g/mol. The van der Waals surface area contributed by atoms with E-state index >= 15 is 0 Å². The molecule has 7 nitrogen and oxygen atoms in total. The zero-order valence-corrected chi connectivity index (χ0v) is 18.7. The summed E-state index contributed by atoms with van der Waals surface area (Å²) in [5.41, 5.74) is 1.47. The van der Waals surface area contributed by atoms with Crippen LogP contribution in [0.25, 0.3) is 0 Å². The lowest BCUT2D eigenvalue weighted by atomic mass is 9.74. The summed E-state index contributed by atoms with van der Waals surface area (Å²) in [6.07, 6.45) is 3.05. The highest BCUT2D eigenvalue weighted by Gasteiger charge is 2.51. The highest BCUT2D eigenvalue weighted by Crippen LogP contribution is 2.35. The third kappa shape index (κ3) is 4.72. The standard InChI is InChI=1S/C25H31N3O4/c1-31-21-14-19(15-22(16-21)32-2)17-28-12-9-20(10-13-28)25(23(29)26-24(30)27-25)11-8-18-6-4-3-5-7-18/h3-7,14-16,20H,8-13,17H2,1-2H3,(H2,26,27,29,30)/t25-/m0/s1. The number of hydrogen-bond donors (Lipinski definition) is 2. The molecule has 1 atom stereocenters. The van der Waals surface area contributed by atoms with Crippen molar-refractivity contribution in [3.8, 4) is 11.5 Å². The summed E-state index contributed by atoms with van der Waals surface area (Å²) in [5, 5.41) is 5.49. The molecule has 7 heteroatoms. The zero-order valence-electron chi connectivity index (χ0n) is 18.7. The summed E-state index contributed by atoms with van der Waals surface area (Å²) < 4.78 is 10.8. The van der Waals surface area contributed by atoms with Crippen molar-refractivity contribution in [1.82, 2.24) is 15.5 Å². The van der Waals surface area contributed by atoms with Crippen LogP contribution >= 0.6 is 0 Å². The number of imide groups is 1. The first-order valence-corrected chi connectivity index (χ1v) is 11.1. The molecule has 2 fully saturated rings. The Labute approximate surface area is 189 Å². The van der Waals surface area contributed by atoms with Gasteiger partial charge < -0.3 is 14.8 Å². The fourth-order valence-corrected chi connectivity index (χ4v) is 4.96. The van der Waals surface area contributed by atoms with Crippen LogP contribution in [0.15, 0.2) is 48.5 Å². The highest BCUT2D eigenvalue weighted by atomic mass is 16.5. The summed E-state index contributed by atoms with van der Waals surface area (Å²) >= 11 is 0. The Morgan fingerprint density at radius 2 is 1.62 bits per heavy atom. The van der Waals surface area contributed by atoms with Crippen molar-refractivity contribution in [3.05, 3.63) is 59.7 Å². The number of aryl methyl sites for hydroxylation is 1. The smallest absolute Gasteiger partial charge is 0.322 e. The molecule has 2 aliphatic heterocycles. The Hall–Kier alpha value is -3.06. The van der Waals surface area contributed by atoms with Crippen LogP contribution in [0.4, 0.5) is 4.79 Å². The number of nitrogens with zero attached hydrogens (tertiary/aromatic N) is 1. The van der Waals surface area contributed by atoms with E-state index in [1.165, 1.54) is 5.56 Å². The summed E-state index contributed by atoms with van der Waals surface area (Å²) in [6, 6.07) is 15.7. The molecular formula is C25H31N3O4. The van der Waals surface area contributed by atoms with Crippen LogP contribution in [0, 0.1) is 5.92 Å². The molecule has 0 radical (unpaired) electrons. The number of nitrogens with one attached hydrogen (secondary N) is 2. The molecule has 2 heterocycles. The van der Waals surface area contributed by atoms with E-state index in [-0.39, 0.29) is 17.9 Å². The largest absolute Gasteiger partial charge is 0.497 e. The van der Waals surface area contributed by atoms with E-state index in [0.717, 1.165) is 56.0 Å². The van der Waals surface area contributed by atoms with Crippen molar-refractivity contribution in [3.63, 3.8) is 0 Å². The lowest BCUT2D eigenvalue weighted by Crippen LogP contribution is -2.56. The van der Waals surface area contributed by atoms with E-state index in [0.29, 0.717) is 6.42 Å². The maximum absolute atomic E-state index is 12.9. The minimum Gasteiger partial charge on any atom is -0.497 e. The molecule has 0 bridgehead atoms. The molecule has 2 aliphatic rings.